The maximum absolute atomic E-state index is 13.0. The Balaban J connectivity index is 0.00000180. The van der Waals surface area contributed by atoms with Crippen LogP contribution >= 0.6 is 23.7 Å². The van der Waals surface area contributed by atoms with Gasteiger partial charge in [-0.1, -0.05) is 0 Å². The molecule has 1 amide bonds. The van der Waals surface area contributed by atoms with Crippen molar-refractivity contribution < 1.29 is 4.79 Å². The summed E-state index contributed by atoms with van der Waals surface area (Å²) < 4.78 is 2.29. The molecule has 2 aromatic rings. The SMILES string of the molecule is Cl.O=C(c1csc2c1CCCC2)N1CCC(c2nnc3n2CCNC3)CC1. The smallest absolute Gasteiger partial charge is 0.254 e. The Bertz CT molecular complexity index is 824. The first-order valence-electron chi connectivity index (χ1n) is 9.82. The quantitative estimate of drug-likeness (QED) is 0.831. The van der Waals surface area contributed by atoms with Crippen molar-refractivity contribution in [3.63, 3.8) is 0 Å². The van der Waals surface area contributed by atoms with Crippen LogP contribution in [-0.4, -0.2) is 45.2 Å². The van der Waals surface area contributed by atoms with Crippen LogP contribution in [0.25, 0.3) is 0 Å². The van der Waals surface area contributed by atoms with Crippen LogP contribution in [0.2, 0.25) is 0 Å². The zero-order valence-corrected chi connectivity index (χ0v) is 17.1. The fraction of sp³-hybridized carbons (Fsp3) is 0.632. The molecular weight excluding hydrogens is 382 g/mol. The van der Waals surface area contributed by atoms with Gasteiger partial charge in [0.15, 0.2) is 0 Å². The lowest BCUT2D eigenvalue weighted by Crippen LogP contribution is -2.39. The van der Waals surface area contributed by atoms with E-state index in [1.54, 1.807) is 11.3 Å². The molecule has 1 aliphatic carbocycles. The highest BCUT2D eigenvalue weighted by molar-refractivity contribution is 7.10. The fourth-order valence-corrected chi connectivity index (χ4v) is 5.72. The molecule has 6 nitrogen and oxygen atoms in total. The van der Waals surface area contributed by atoms with E-state index in [1.165, 1.54) is 23.3 Å². The summed E-state index contributed by atoms with van der Waals surface area (Å²) in [4.78, 5) is 16.6. The van der Waals surface area contributed by atoms with Crippen LogP contribution in [0.1, 0.15) is 64.0 Å². The second-order valence-corrected chi connectivity index (χ2v) is 8.59. The molecule has 0 atom stereocenters. The summed E-state index contributed by atoms with van der Waals surface area (Å²) >= 11 is 1.78. The highest BCUT2D eigenvalue weighted by Gasteiger charge is 2.30. The first kappa shape index (κ1) is 18.9. The van der Waals surface area contributed by atoms with Gasteiger partial charge in [0.2, 0.25) is 0 Å². The minimum Gasteiger partial charge on any atom is -0.339 e. The standard InChI is InChI=1S/C19H25N5OS.ClH/c25-19(15-12-26-16-4-2-1-3-14(15)16)23-8-5-13(6-9-23)18-22-21-17-11-20-7-10-24(17)18;/h12-13,20H,1-11H2;1H. The van der Waals surface area contributed by atoms with Gasteiger partial charge in [0.05, 0.1) is 12.1 Å². The molecule has 0 aromatic carbocycles. The number of halogens is 1. The van der Waals surface area contributed by atoms with Crippen LogP contribution in [0.3, 0.4) is 0 Å². The predicted molar refractivity (Wildman–Crippen MR) is 108 cm³/mol. The molecule has 0 radical (unpaired) electrons. The second kappa shape index (κ2) is 7.89. The van der Waals surface area contributed by atoms with E-state index < -0.39 is 0 Å². The number of nitrogens with zero attached hydrogens (tertiary/aromatic N) is 4. The molecule has 8 heteroatoms. The number of amides is 1. The zero-order valence-electron chi connectivity index (χ0n) is 15.4. The summed E-state index contributed by atoms with van der Waals surface area (Å²) in [7, 11) is 0. The van der Waals surface area contributed by atoms with E-state index in [0.29, 0.717) is 5.92 Å². The van der Waals surface area contributed by atoms with Gasteiger partial charge in [0.1, 0.15) is 11.6 Å². The Morgan fingerprint density at radius 3 is 2.81 bits per heavy atom. The Morgan fingerprint density at radius 2 is 1.96 bits per heavy atom. The number of aromatic nitrogens is 3. The van der Waals surface area contributed by atoms with Gasteiger partial charge in [-0.25, -0.2) is 0 Å². The number of hydrogen-bond acceptors (Lipinski definition) is 5. The van der Waals surface area contributed by atoms with E-state index in [2.05, 4.69) is 30.4 Å². The summed E-state index contributed by atoms with van der Waals surface area (Å²) in [6, 6.07) is 0. The molecule has 2 aromatic heterocycles. The molecule has 1 saturated heterocycles. The minimum absolute atomic E-state index is 0. The molecule has 1 N–H and O–H groups in total. The molecule has 0 bridgehead atoms. The predicted octanol–water partition coefficient (Wildman–Crippen LogP) is 2.76. The van der Waals surface area contributed by atoms with Crippen LogP contribution in [-0.2, 0) is 25.9 Å². The van der Waals surface area contributed by atoms with Gasteiger partial charge in [0, 0.05) is 42.4 Å². The number of carbonyl (C=O) groups excluding carboxylic acids is 1. The lowest BCUT2D eigenvalue weighted by Gasteiger charge is -2.32. The summed E-state index contributed by atoms with van der Waals surface area (Å²) in [5.41, 5.74) is 2.32. The van der Waals surface area contributed by atoms with Crippen LogP contribution in [0.15, 0.2) is 5.38 Å². The lowest BCUT2D eigenvalue weighted by molar-refractivity contribution is 0.0709. The summed E-state index contributed by atoms with van der Waals surface area (Å²) in [6.45, 7) is 4.41. The van der Waals surface area contributed by atoms with E-state index in [0.717, 1.165) is 75.6 Å². The van der Waals surface area contributed by atoms with E-state index in [4.69, 9.17) is 0 Å². The summed E-state index contributed by atoms with van der Waals surface area (Å²) in [6.07, 6.45) is 6.70. The largest absolute Gasteiger partial charge is 0.339 e. The van der Waals surface area contributed by atoms with Gasteiger partial charge in [-0.15, -0.1) is 33.9 Å². The number of rotatable bonds is 2. The van der Waals surface area contributed by atoms with Crippen LogP contribution in [0.5, 0.6) is 0 Å². The van der Waals surface area contributed by atoms with Gasteiger partial charge >= 0.3 is 0 Å². The average molecular weight is 408 g/mol. The number of likely N-dealkylation sites (tertiary alicyclic amines) is 1. The lowest BCUT2D eigenvalue weighted by atomic mass is 9.93. The number of hydrogen-bond donors (Lipinski definition) is 1. The summed E-state index contributed by atoms with van der Waals surface area (Å²) in [5.74, 6) is 2.85. The van der Waals surface area contributed by atoms with E-state index in [-0.39, 0.29) is 18.3 Å². The van der Waals surface area contributed by atoms with Crippen molar-refractivity contribution in [1.29, 1.82) is 0 Å². The molecule has 2 aliphatic heterocycles. The normalized spacial score (nSPS) is 19.9. The molecule has 3 aliphatic rings. The Morgan fingerprint density at radius 1 is 1.15 bits per heavy atom. The number of nitrogens with one attached hydrogen (secondary N) is 1. The molecule has 146 valence electrons. The first-order chi connectivity index (χ1) is 12.8. The van der Waals surface area contributed by atoms with Crippen molar-refractivity contribution in [2.45, 2.75) is 57.5 Å². The Labute approximate surface area is 169 Å². The number of fused-ring (bicyclic) bond motifs is 2. The van der Waals surface area contributed by atoms with Crippen molar-refractivity contribution in [2.75, 3.05) is 19.6 Å². The first-order valence-corrected chi connectivity index (χ1v) is 10.7. The van der Waals surface area contributed by atoms with Gasteiger partial charge in [-0.05, 0) is 44.1 Å². The van der Waals surface area contributed by atoms with Crippen molar-refractivity contribution in [3.05, 3.63) is 33.0 Å². The van der Waals surface area contributed by atoms with Crippen LogP contribution in [0, 0.1) is 0 Å². The molecule has 0 saturated carbocycles. The number of aryl methyl sites for hydroxylation is 1. The third kappa shape index (κ3) is 3.41. The highest BCUT2D eigenvalue weighted by atomic mass is 35.5. The molecule has 1 fully saturated rings. The molecule has 5 rings (SSSR count). The van der Waals surface area contributed by atoms with Crippen molar-refractivity contribution in [2.24, 2.45) is 0 Å². The van der Waals surface area contributed by atoms with Crippen molar-refractivity contribution >= 4 is 29.7 Å². The third-order valence-corrected chi connectivity index (χ3v) is 7.18. The van der Waals surface area contributed by atoms with E-state index in [9.17, 15) is 4.79 Å². The molecule has 0 unspecified atom stereocenters. The number of carbonyl (C=O) groups is 1. The number of piperidine rings is 1. The van der Waals surface area contributed by atoms with Crippen LogP contribution in [0.4, 0.5) is 0 Å². The zero-order chi connectivity index (χ0) is 17.5. The van der Waals surface area contributed by atoms with E-state index >= 15 is 0 Å². The fourth-order valence-electron chi connectivity index (χ4n) is 4.60. The molecule has 27 heavy (non-hydrogen) atoms. The highest BCUT2D eigenvalue weighted by Crippen LogP contribution is 2.33. The van der Waals surface area contributed by atoms with Crippen LogP contribution < -0.4 is 5.32 Å². The topological polar surface area (TPSA) is 63.1 Å². The van der Waals surface area contributed by atoms with Crippen molar-refractivity contribution in [3.8, 4) is 0 Å². The van der Waals surface area contributed by atoms with Gasteiger partial charge in [-0.2, -0.15) is 0 Å². The molecular formula is C19H26ClN5OS. The Kier molecular flexibility index (Phi) is 5.53. The molecule has 0 spiro atoms. The third-order valence-electron chi connectivity index (χ3n) is 6.09. The maximum atomic E-state index is 13.0. The van der Waals surface area contributed by atoms with E-state index in [1.807, 2.05) is 0 Å². The maximum Gasteiger partial charge on any atom is 0.254 e. The average Bonchev–Trinajstić information content (AvgIpc) is 3.32. The monoisotopic (exact) mass is 407 g/mol. The van der Waals surface area contributed by atoms with Gasteiger partial charge in [0.25, 0.3) is 5.91 Å². The molecule has 4 heterocycles. The minimum atomic E-state index is 0. The van der Waals surface area contributed by atoms with Gasteiger partial charge in [-0.3, -0.25) is 4.79 Å². The Hall–Kier alpha value is -1.44. The van der Waals surface area contributed by atoms with Crippen molar-refractivity contribution in [1.82, 2.24) is 25.0 Å². The van der Waals surface area contributed by atoms with Gasteiger partial charge < -0.3 is 14.8 Å². The number of thiophene rings is 1. The summed E-state index contributed by atoms with van der Waals surface area (Å²) in [5, 5.41) is 14.3. The second-order valence-electron chi connectivity index (χ2n) is 7.63.